The van der Waals surface area contributed by atoms with E-state index in [-0.39, 0.29) is 36.8 Å². The maximum Gasteiger partial charge on any atom is 0.242 e. The van der Waals surface area contributed by atoms with E-state index in [4.69, 9.17) is 5.73 Å². The molecule has 0 spiro atoms. The van der Waals surface area contributed by atoms with E-state index >= 15 is 0 Å². The minimum Gasteiger partial charge on any atom is -0.340 e. The van der Waals surface area contributed by atoms with E-state index in [1.54, 1.807) is 11.8 Å². The molecule has 1 unspecified atom stereocenters. The number of carbonyl (C=O) groups excluding carboxylic acids is 1. The highest BCUT2D eigenvalue weighted by atomic mass is 35.5. The average molecular weight is 391 g/mol. The van der Waals surface area contributed by atoms with Crippen LogP contribution in [0.3, 0.4) is 0 Å². The lowest BCUT2D eigenvalue weighted by Gasteiger charge is -2.31. The summed E-state index contributed by atoms with van der Waals surface area (Å²) in [6, 6.07) is 8.11. The molecule has 0 radical (unpaired) electrons. The molecule has 0 saturated carbocycles. The second-order valence-electron chi connectivity index (χ2n) is 5.78. The number of halogens is 2. The number of amides is 1. The van der Waals surface area contributed by atoms with E-state index in [1.165, 1.54) is 0 Å². The number of aromatic nitrogens is 2. The van der Waals surface area contributed by atoms with Crippen LogP contribution in [0.1, 0.15) is 18.7 Å². The first kappa shape index (κ1) is 21.1. The summed E-state index contributed by atoms with van der Waals surface area (Å²) in [5.41, 5.74) is 7.97. The molecule has 0 bridgehead atoms. The second-order valence-corrected chi connectivity index (χ2v) is 6.64. The highest BCUT2D eigenvalue weighted by Crippen LogP contribution is 2.19. The lowest BCUT2D eigenvalue weighted by Crippen LogP contribution is -2.46. The number of carbonyl (C=O) groups is 1. The van der Waals surface area contributed by atoms with E-state index in [1.807, 2.05) is 33.7 Å². The molecule has 1 aromatic heterocycles. The molecule has 24 heavy (non-hydrogen) atoms. The summed E-state index contributed by atoms with van der Waals surface area (Å²) >= 11 is 1.72. The van der Waals surface area contributed by atoms with Crippen molar-refractivity contribution in [3.8, 4) is 0 Å². The number of imidazole rings is 1. The van der Waals surface area contributed by atoms with E-state index in [0.29, 0.717) is 13.1 Å². The summed E-state index contributed by atoms with van der Waals surface area (Å²) in [6.07, 6.45) is 4.06. The average Bonchev–Trinajstić information content (AvgIpc) is 2.85. The Balaban J connectivity index is 0.00000144. The van der Waals surface area contributed by atoms with Gasteiger partial charge in [-0.2, -0.15) is 11.8 Å². The van der Waals surface area contributed by atoms with Crippen molar-refractivity contribution in [2.24, 2.45) is 5.73 Å². The van der Waals surface area contributed by atoms with Crippen LogP contribution in [0.5, 0.6) is 0 Å². The molecule has 1 saturated heterocycles. The van der Waals surface area contributed by atoms with Crippen LogP contribution in [0.25, 0.3) is 11.0 Å². The lowest BCUT2D eigenvalue weighted by atomic mass is 10.1. The maximum atomic E-state index is 12.6. The van der Waals surface area contributed by atoms with Crippen molar-refractivity contribution in [2.75, 3.05) is 19.3 Å². The number of hydrogen-bond acceptors (Lipinski definition) is 4. The van der Waals surface area contributed by atoms with Crippen molar-refractivity contribution in [2.45, 2.75) is 31.2 Å². The molecule has 1 atom stereocenters. The number of hydrogen-bond donors (Lipinski definition) is 1. The van der Waals surface area contributed by atoms with Crippen molar-refractivity contribution < 1.29 is 4.79 Å². The Bertz CT molecular complexity index is 679. The number of piperidine rings is 1. The Kier molecular flexibility index (Phi) is 8.36. The Morgan fingerprint density at radius 2 is 2.12 bits per heavy atom. The maximum absolute atomic E-state index is 12.6. The zero-order valence-electron chi connectivity index (χ0n) is 13.7. The van der Waals surface area contributed by atoms with Crippen LogP contribution in [0.2, 0.25) is 0 Å². The molecule has 2 heterocycles. The Morgan fingerprint density at radius 1 is 1.38 bits per heavy atom. The van der Waals surface area contributed by atoms with Crippen molar-refractivity contribution in [1.82, 2.24) is 14.5 Å². The number of rotatable bonds is 4. The SMILES string of the molecule is CSCc1nc2ccccc2n1CC(=O)N1CCCC(N)C1.Cl.Cl. The molecule has 8 heteroatoms. The molecule has 3 rings (SSSR count). The van der Waals surface area contributed by atoms with Gasteiger partial charge in [-0.05, 0) is 31.2 Å². The topological polar surface area (TPSA) is 64.2 Å². The van der Waals surface area contributed by atoms with Gasteiger partial charge in [-0.25, -0.2) is 4.98 Å². The van der Waals surface area contributed by atoms with Gasteiger partial charge in [-0.3, -0.25) is 4.79 Å². The molecule has 0 aliphatic carbocycles. The van der Waals surface area contributed by atoms with Gasteiger partial charge in [0.15, 0.2) is 0 Å². The summed E-state index contributed by atoms with van der Waals surface area (Å²) < 4.78 is 2.05. The molecule has 1 aliphatic rings. The van der Waals surface area contributed by atoms with E-state index in [9.17, 15) is 4.79 Å². The van der Waals surface area contributed by atoms with Crippen molar-refractivity contribution >= 4 is 53.5 Å². The summed E-state index contributed by atoms with van der Waals surface area (Å²) in [4.78, 5) is 19.2. The molecule has 1 fully saturated rings. The predicted molar refractivity (Wildman–Crippen MR) is 105 cm³/mol. The molecule has 134 valence electrons. The Labute approximate surface area is 159 Å². The summed E-state index contributed by atoms with van der Waals surface area (Å²) in [6.45, 7) is 1.84. The first-order chi connectivity index (χ1) is 10.7. The van der Waals surface area contributed by atoms with Gasteiger partial charge >= 0.3 is 0 Å². The number of nitrogens with zero attached hydrogens (tertiary/aromatic N) is 3. The molecule has 2 aromatic rings. The molecule has 1 amide bonds. The lowest BCUT2D eigenvalue weighted by molar-refractivity contribution is -0.133. The number of fused-ring (bicyclic) bond motifs is 1. The zero-order chi connectivity index (χ0) is 15.5. The van der Waals surface area contributed by atoms with E-state index in [0.717, 1.165) is 42.0 Å². The smallest absolute Gasteiger partial charge is 0.242 e. The third kappa shape index (κ3) is 4.57. The number of likely N-dealkylation sites (tertiary alicyclic amines) is 1. The fourth-order valence-electron chi connectivity index (χ4n) is 3.01. The Hall–Kier alpha value is -0.950. The van der Waals surface area contributed by atoms with Gasteiger partial charge in [-0.1, -0.05) is 12.1 Å². The summed E-state index contributed by atoms with van der Waals surface area (Å²) in [5, 5.41) is 0. The standard InChI is InChI=1S/C16H22N4OS.2ClH/c1-22-11-15-18-13-6-2-3-7-14(13)20(15)10-16(21)19-8-4-5-12(17)9-19;;/h2-3,6-7,12H,4-5,8-11,17H2,1H3;2*1H. The first-order valence-corrected chi connectivity index (χ1v) is 9.05. The molecule has 1 aromatic carbocycles. The van der Waals surface area contributed by atoms with E-state index in [2.05, 4.69) is 11.2 Å². The predicted octanol–water partition coefficient (Wildman–Crippen LogP) is 2.69. The van der Waals surface area contributed by atoms with Gasteiger partial charge < -0.3 is 15.2 Å². The van der Waals surface area contributed by atoms with Crippen LogP contribution >= 0.6 is 36.6 Å². The van der Waals surface area contributed by atoms with Crippen LogP contribution in [-0.4, -0.2) is 45.7 Å². The van der Waals surface area contributed by atoms with Crippen LogP contribution in [0.4, 0.5) is 0 Å². The van der Waals surface area contributed by atoms with Gasteiger partial charge in [0, 0.05) is 19.1 Å². The number of para-hydroxylation sites is 2. The number of benzene rings is 1. The van der Waals surface area contributed by atoms with Crippen molar-refractivity contribution in [3.05, 3.63) is 30.1 Å². The largest absolute Gasteiger partial charge is 0.340 e. The molecular weight excluding hydrogens is 367 g/mol. The fourth-order valence-corrected chi connectivity index (χ4v) is 3.49. The molecular formula is C16H24Cl2N4OS. The van der Waals surface area contributed by atoms with Crippen LogP contribution in [0, 0.1) is 0 Å². The third-order valence-electron chi connectivity index (χ3n) is 4.11. The van der Waals surface area contributed by atoms with Gasteiger partial charge in [0.2, 0.25) is 5.91 Å². The normalized spacial score (nSPS) is 17.2. The molecule has 1 aliphatic heterocycles. The fraction of sp³-hybridized carbons (Fsp3) is 0.500. The minimum atomic E-state index is 0. The van der Waals surface area contributed by atoms with Crippen LogP contribution < -0.4 is 5.73 Å². The highest BCUT2D eigenvalue weighted by molar-refractivity contribution is 7.97. The number of thioether (sulfide) groups is 1. The minimum absolute atomic E-state index is 0. The second kappa shape index (κ2) is 9.51. The van der Waals surface area contributed by atoms with Crippen LogP contribution in [-0.2, 0) is 17.1 Å². The van der Waals surface area contributed by atoms with Crippen molar-refractivity contribution in [1.29, 1.82) is 0 Å². The first-order valence-electron chi connectivity index (χ1n) is 7.65. The van der Waals surface area contributed by atoms with Gasteiger partial charge in [0.05, 0.1) is 16.8 Å². The zero-order valence-corrected chi connectivity index (χ0v) is 16.1. The van der Waals surface area contributed by atoms with Gasteiger partial charge in [0.1, 0.15) is 12.4 Å². The Morgan fingerprint density at radius 3 is 2.83 bits per heavy atom. The molecule has 5 nitrogen and oxygen atoms in total. The number of nitrogens with two attached hydrogens (primary N) is 1. The quantitative estimate of drug-likeness (QED) is 0.871. The summed E-state index contributed by atoms with van der Waals surface area (Å²) in [5.74, 6) is 1.91. The highest BCUT2D eigenvalue weighted by Gasteiger charge is 2.22. The van der Waals surface area contributed by atoms with Crippen molar-refractivity contribution in [3.63, 3.8) is 0 Å². The summed E-state index contributed by atoms with van der Waals surface area (Å²) in [7, 11) is 0. The van der Waals surface area contributed by atoms with Gasteiger partial charge in [-0.15, -0.1) is 24.8 Å². The van der Waals surface area contributed by atoms with Crippen LogP contribution in [0.15, 0.2) is 24.3 Å². The van der Waals surface area contributed by atoms with E-state index < -0.39 is 0 Å². The third-order valence-corrected chi connectivity index (χ3v) is 4.66. The monoisotopic (exact) mass is 390 g/mol. The molecule has 2 N–H and O–H groups in total. The van der Waals surface area contributed by atoms with Gasteiger partial charge in [0.25, 0.3) is 0 Å².